The number of phenols is 1. The summed E-state index contributed by atoms with van der Waals surface area (Å²) in [5.41, 5.74) is 2.05. The number of aryl methyl sites for hydroxylation is 2. The first-order chi connectivity index (χ1) is 12.6. The zero-order chi connectivity index (χ0) is 19.1. The molecule has 0 heterocycles. The minimum Gasteiger partial charge on any atom is -0.502 e. The second kappa shape index (κ2) is 9.22. The van der Waals surface area contributed by atoms with E-state index in [1.807, 2.05) is 18.2 Å². The molecular weight excluding hydrogens is 332 g/mol. The predicted molar refractivity (Wildman–Crippen MR) is 102 cm³/mol. The number of benzene rings is 2. The highest BCUT2D eigenvalue weighted by molar-refractivity contribution is 5.60. The second-order valence-corrected chi connectivity index (χ2v) is 6.04. The molecule has 2 aromatic rings. The number of hydrogen-bond acceptors (Lipinski definition) is 5. The first-order valence-electron chi connectivity index (χ1n) is 8.91. The van der Waals surface area contributed by atoms with Crippen molar-refractivity contribution in [2.24, 2.45) is 0 Å². The first-order valence-corrected chi connectivity index (χ1v) is 8.91. The molecule has 0 aliphatic heterocycles. The third-order valence-electron chi connectivity index (χ3n) is 4.17. The summed E-state index contributed by atoms with van der Waals surface area (Å²) in [6, 6.07) is 7.51. The van der Waals surface area contributed by atoms with Gasteiger partial charge in [0.15, 0.2) is 23.0 Å². The van der Waals surface area contributed by atoms with Crippen molar-refractivity contribution in [3.63, 3.8) is 0 Å². The van der Waals surface area contributed by atoms with Crippen LogP contribution < -0.4 is 18.9 Å². The molecule has 0 spiro atoms. The minimum absolute atomic E-state index is 0.0276. The zero-order valence-corrected chi connectivity index (χ0v) is 16.2. The van der Waals surface area contributed by atoms with Gasteiger partial charge in [0.1, 0.15) is 0 Å². The Hall–Kier alpha value is -2.56. The molecule has 142 valence electrons. The number of phenolic OH excluding ortho intramolecular Hbond substituents is 1. The van der Waals surface area contributed by atoms with Crippen LogP contribution in [-0.2, 0) is 12.8 Å². The largest absolute Gasteiger partial charge is 0.502 e. The van der Waals surface area contributed by atoms with Gasteiger partial charge >= 0.3 is 0 Å². The summed E-state index contributed by atoms with van der Waals surface area (Å²) < 4.78 is 22.3. The molecule has 0 radical (unpaired) electrons. The third-order valence-corrected chi connectivity index (χ3v) is 4.17. The average molecular weight is 360 g/mol. The van der Waals surface area contributed by atoms with Crippen LogP contribution in [0.25, 0.3) is 0 Å². The molecule has 2 aromatic carbocycles. The van der Waals surface area contributed by atoms with Crippen molar-refractivity contribution in [1.82, 2.24) is 0 Å². The summed E-state index contributed by atoms with van der Waals surface area (Å²) in [5, 5.41) is 10.6. The van der Waals surface area contributed by atoms with Crippen molar-refractivity contribution in [3.8, 4) is 34.5 Å². The van der Waals surface area contributed by atoms with Crippen molar-refractivity contribution >= 4 is 0 Å². The molecule has 1 N–H and O–H groups in total. The van der Waals surface area contributed by atoms with E-state index < -0.39 is 0 Å². The van der Waals surface area contributed by atoms with Crippen LogP contribution in [-0.4, -0.2) is 26.4 Å². The van der Waals surface area contributed by atoms with E-state index >= 15 is 0 Å². The lowest BCUT2D eigenvalue weighted by molar-refractivity contribution is 0.326. The van der Waals surface area contributed by atoms with Gasteiger partial charge in [-0.05, 0) is 42.2 Å². The fourth-order valence-electron chi connectivity index (χ4n) is 2.95. The molecule has 0 aromatic heterocycles. The van der Waals surface area contributed by atoms with Crippen LogP contribution >= 0.6 is 0 Å². The summed E-state index contributed by atoms with van der Waals surface area (Å²) in [4.78, 5) is 0. The van der Waals surface area contributed by atoms with E-state index in [1.165, 1.54) is 0 Å². The van der Waals surface area contributed by atoms with Crippen molar-refractivity contribution < 1.29 is 24.1 Å². The maximum atomic E-state index is 10.6. The molecule has 0 aliphatic carbocycles. The number of aromatic hydroxyl groups is 1. The Kier molecular flexibility index (Phi) is 7.01. The summed E-state index contributed by atoms with van der Waals surface area (Å²) >= 11 is 0. The van der Waals surface area contributed by atoms with Gasteiger partial charge in [0.05, 0.1) is 21.3 Å². The SMILES string of the molecule is CCCc1cc(OC)c(Oc2ccc(CCC)c(OC)c2O)c(OC)c1. The molecule has 0 unspecified atom stereocenters. The summed E-state index contributed by atoms with van der Waals surface area (Å²) in [7, 11) is 4.71. The highest BCUT2D eigenvalue weighted by Gasteiger charge is 2.20. The van der Waals surface area contributed by atoms with E-state index in [0.717, 1.165) is 36.8 Å². The molecule has 26 heavy (non-hydrogen) atoms. The van der Waals surface area contributed by atoms with Gasteiger partial charge in [-0.2, -0.15) is 0 Å². The molecule has 0 saturated heterocycles. The van der Waals surface area contributed by atoms with Gasteiger partial charge in [0, 0.05) is 0 Å². The van der Waals surface area contributed by atoms with Gasteiger partial charge in [0.25, 0.3) is 0 Å². The van der Waals surface area contributed by atoms with Crippen molar-refractivity contribution in [2.45, 2.75) is 39.5 Å². The maximum Gasteiger partial charge on any atom is 0.211 e. The summed E-state index contributed by atoms with van der Waals surface area (Å²) in [6.07, 6.45) is 3.70. The topological polar surface area (TPSA) is 57.2 Å². The minimum atomic E-state index is -0.0276. The van der Waals surface area contributed by atoms with Gasteiger partial charge in [-0.15, -0.1) is 0 Å². The quantitative estimate of drug-likeness (QED) is 0.673. The van der Waals surface area contributed by atoms with E-state index in [1.54, 1.807) is 27.4 Å². The fraction of sp³-hybridized carbons (Fsp3) is 0.429. The Labute approximate surface area is 155 Å². The lowest BCUT2D eigenvalue weighted by atomic mass is 10.1. The van der Waals surface area contributed by atoms with Gasteiger partial charge in [-0.3, -0.25) is 0 Å². The van der Waals surface area contributed by atoms with Crippen LogP contribution in [0.4, 0.5) is 0 Å². The van der Waals surface area contributed by atoms with Crippen LogP contribution in [0.15, 0.2) is 24.3 Å². The van der Waals surface area contributed by atoms with Crippen LogP contribution in [0.2, 0.25) is 0 Å². The Balaban J connectivity index is 2.47. The molecule has 5 nitrogen and oxygen atoms in total. The highest BCUT2D eigenvalue weighted by Crippen LogP contribution is 2.46. The molecule has 0 fully saturated rings. The van der Waals surface area contributed by atoms with Gasteiger partial charge in [-0.1, -0.05) is 32.8 Å². The van der Waals surface area contributed by atoms with Gasteiger partial charge in [0.2, 0.25) is 11.5 Å². The van der Waals surface area contributed by atoms with Crippen molar-refractivity contribution in [2.75, 3.05) is 21.3 Å². The molecule has 5 heteroatoms. The Morgan fingerprint density at radius 3 is 1.88 bits per heavy atom. The van der Waals surface area contributed by atoms with Gasteiger partial charge in [-0.25, -0.2) is 0 Å². The predicted octanol–water partition coefficient (Wildman–Crippen LogP) is 5.12. The van der Waals surface area contributed by atoms with E-state index in [-0.39, 0.29) is 5.75 Å². The molecular formula is C21H28O5. The average Bonchev–Trinajstić information content (AvgIpc) is 2.65. The van der Waals surface area contributed by atoms with Crippen LogP contribution in [0.1, 0.15) is 37.8 Å². The molecule has 0 amide bonds. The van der Waals surface area contributed by atoms with E-state index in [9.17, 15) is 5.11 Å². The standard InChI is InChI=1S/C21H28O5/c1-6-8-14-12-17(23-3)21(18(13-14)24-4)26-16-11-10-15(9-7-2)20(25-5)19(16)22/h10-13,22H,6-9H2,1-5H3. The number of methoxy groups -OCH3 is 3. The maximum absolute atomic E-state index is 10.6. The summed E-state index contributed by atoms with van der Waals surface area (Å²) in [5.74, 6) is 2.25. The molecule has 0 saturated carbocycles. The van der Waals surface area contributed by atoms with Crippen molar-refractivity contribution in [3.05, 3.63) is 35.4 Å². The fourth-order valence-corrected chi connectivity index (χ4v) is 2.95. The second-order valence-electron chi connectivity index (χ2n) is 6.04. The Morgan fingerprint density at radius 1 is 0.769 bits per heavy atom. The Morgan fingerprint density at radius 2 is 1.38 bits per heavy atom. The molecule has 2 rings (SSSR count). The van der Waals surface area contributed by atoms with Crippen LogP contribution in [0.5, 0.6) is 34.5 Å². The lowest BCUT2D eigenvalue weighted by Gasteiger charge is -2.18. The zero-order valence-electron chi connectivity index (χ0n) is 16.2. The van der Waals surface area contributed by atoms with Crippen molar-refractivity contribution in [1.29, 1.82) is 0 Å². The normalized spacial score (nSPS) is 10.5. The summed E-state index contributed by atoms with van der Waals surface area (Å²) in [6.45, 7) is 4.19. The molecule has 0 atom stereocenters. The van der Waals surface area contributed by atoms with E-state index in [4.69, 9.17) is 18.9 Å². The van der Waals surface area contributed by atoms with E-state index in [2.05, 4.69) is 13.8 Å². The number of ether oxygens (including phenoxy) is 4. The highest BCUT2D eigenvalue weighted by atomic mass is 16.5. The number of hydrogen-bond donors (Lipinski definition) is 1. The Bertz CT molecular complexity index is 714. The monoisotopic (exact) mass is 360 g/mol. The third kappa shape index (κ3) is 4.15. The first kappa shape index (κ1) is 19.8. The van der Waals surface area contributed by atoms with Crippen LogP contribution in [0.3, 0.4) is 0 Å². The molecule has 0 bridgehead atoms. The molecule has 0 aliphatic rings. The van der Waals surface area contributed by atoms with Gasteiger partial charge < -0.3 is 24.1 Å². The van der Waals surface area contributed by atoms with E-state index in [0.29, 0.717) is 28.7 Å². The smallest absolute Gasteiger partial charge is 0.211 e. The lowest BCUT2D eigenvalue weighted by Crippen LogP contribution is -1.99. The van der Waals surface area contributed by atoms with Crippen LogP contribution in [0, 0.1) is 0 Å². The number of rotatable bonds is 9.